The first-order chi connectivity index (χ1) is 23.8. The average Bonchev–Trinajstić information content (AvgIpc) is 3.37. The molecule has 3 nitrogen and oxygen atoms in total. The Morgan fingerprint density at radius 3 is 1.65 bits per heavy atom. The van der Waals surface area contributed by atoms with Gasteiger partial charge in [-0.15, -0.1) is 0 Å². The number of hydrogen-bond donors (Lipinski definition) is 0. The van der Waals surface area contributed by atoms with E-state index in [1.165, 1.54) is 44.8 Å². The Bertz CT molecular complexity index is 2310. The molecule has 0 fully saturated rings. The van der Waals surface area contributed by atoms with Gasteiger partial charge in [0.2, 0.25) is 0 Å². The molecular weight excluding hydrogens is 595 g/mol. The minimum atomic E-state index is -0.165. The molecular formula is C46H37N3. The van der Waals surface area contributed by atoms with E-state index in [0.29, 0.717) is 0 Å². The quantitative estimate of drug-likeness (QED) is 0.194. The zero-order valence-electron chi connectivity index (χ0n) is 28.3. The van der Waals surface area contributed by atoms with Crippen molar-refractivity contribution in [1.82, 2.24) is 9.97 Å². The highest BCUT2D eigenvalue weighted by atomic mass is 15.2. The van der Waals surface area contributed by atoms with Crippen molar-refractivity contribution in [3.8, 4) is 45.0 Å². The first-order valence-electron chi connectivity index (χ1n) is 17.1. The third-order valence-corrected chi connectivity index (χ3v) is 10.7. The summed E-state index contributed by atoms with van der Waals surface area (Å²) < 4.78 is 0. The monoisotopic (exact) mass is 631 g/mol. The van der Waals surface area contributed by atoms with Crippen molar-refractivity contribution in [1.29, 1.82) is 0 Å². The molecule has 0 unspecified atom stereocenters. The van der Waals surface area contributed by atoms with Gasteiger partial charge in [0, 0.05) is 33.2 Å². The van der Waals surface area contributed by atoms with Crippen LogP contribution >= 0.6 is 0 Å². The fourth-order valence-electron chi connectivity index (χ4n) is 8.02. The summed E-state index contributed by atoms with van der Waals surface area (Å²) in [7, 11) is 0. The van der Waals surface area contributed by atoms with Gasteiger partial charge in [0.25, 0.3) is 0 Å². The van der Waals surface area contributed by atoms with Gasteiger partial charge in [-0.2, -0.15) is 0 Å². The summed E-state index contributed by atoms with van der Waals surface area (Å²) in [6.45, 7) is 9.46. The molecule has 2 aliphatic rings. The molecule has 9 rings (SSSR count). The number of benzene rings is 6. The normalized spacial score (nSPS) is 14.8. The van der Waals surface area contributed by atoms with Crippen molar-refractivity contribution in [2.24, 2.45) is 0 Å². The number of hydrogen-bond acceptors (Lipinski definition) is 3. The summed E-state index contributed by atoms with van der Waals surface area (Å²) in [5.41, 5.74) is 16.4. The van der Waals surface area contributed by atoms with Gasteiger partial charge in [0.1, 0.15) is 0 Å². The van der Waals surface area contributed by atoms with Crippen LogP contribution in [-0.2, 0) is 10.8 Å². The summed E-state index contributed by atoms with van der Waals surface area (Å²) in [6, 6.07) is 54.3. The lowest BCUT2D eigenvalue weighted by Gasteiger charge is -2.43. The standard InChI is InChI=1S/C46H37N3/c1-45(2)36-20-12-11-19-34(36)35-27-39-43(28-38(35)45)49(42-22-14-13-21-37(42)46(39,3)4)33-25-23-31(24-26-33)41-29-40(30-15-7-5-8-16-30)47-44(48-41)32-17-9-6-10-18-32/h5-29H,1-4H3. The Labute approximate surface area is 288 Å². The van der Waals surface area contributed by atoms with E-state index in [1.54, 1.807) is 0 Å². The first kappa shape index (κ1) is 29.3. The van der Waals surface area contributed by atoms with Gasteiger partial charge in [-0.05, 0) is 69.8 Å². The molecule has 1 aromatic heterocycles. The van der Waals surface area contributed by atoms with Crippen LogP contribution in [0.1, 0.15) is 49.9 Å². The molecule has 0 N–H and O–H groups in total. The molecule has 2 heterocycles. The van der Waals surface area contributed by atoms with Crippen molar-refractivity contribution in [2.75, 3.05) is 4.90 Å². The second-order valence-corrected chi connectivity index (χ2v) is 14.3. The van der Waals surface area contributed by atoms with Gasteiger partial charge >= 0.3 is 0 Å². The lowest BCUT2D eigenvalue weighted by atomic mass is 9.72. The predicted molar refractivity (Wildman–Crippen MR) is 203 cm³/mol. The number of rotatable bonds is 4. The number of fused-ring (bicyclic) bond motifs is 5. The molecule has 0 atom stereocenters. The number of nitrogens with zero attached hydrogens (tertiary/aromatic N) is 3. The molecule has 49 heavy (non-hydrogen) atoms. The SMILES string of the molecule is CC1(C)c2ccccc2-c2cc3c(cc21)N(c1ccc(-c2cc(-c4ccccc4)nc(-c4ccccc4)n2)cc1)c1ccccc1C3(C)C. The zero-order valence-corrected chi connectivity index (χ0v) is 28.3. The summed E-state index contributed by atoms with van der Waals surface area (Å²) in [5.74, 6) is 0.722. The minimum absolute atomic E-state index is 0.0858. The van der Waals surface area contributed by atoms with Crippen LogP contribution in [-0.4, -0.2) is 9.97 Å². The highest BCUT2D eigenvalue weighted by Crippen LogP contribution is 2.57. The van der Waals surface area contributed by atoms with Crippen LogP contribution < -0.4 is 4.90 Å². The van der Waals surface area contributed by atoms with Crippen molar-refractivity contribution >= 4 is 17.1 Å². The van der Waals surface area contributed by atoms with Crippen molar-refractivity contribution in [2.45, 2.75) is 38.5 Å². The highest BCUT2D eigenvalue weighted by molar-refractivity contribution is 5.91. The van der Waals surface area contributed by atoms with Crippen LogP contribution in [0.3, 0.4) is 0 Å². The highest BCUT2D eigenvalue weighted by Gasteiger charge is 2.42. The van der Waals surface area contributed by atoms with Crippen LogP contribution in [0.15, 0.2) is 152 Å². The molecule has 0 radical (unpaired) electrons. The summed E-state index contributed by atoms with van der Waals surface area (Å²) in [6.07, 6.45) is 0. The smallest absolute Gasteiger partial charge is 0.160 e. The lowest BCUT2D eigenvalue weighted by Crippen LogP contribution is -2.31. The number of anilines is 3. The molecule has 3 heteroatoms. The van der Waals surface area contributed by atoms with Gasteiger partial charge in [-0.25, -0.2) is 9.97 Å². The third kappa shape index (κ3) is 4.57. The van der Waals surface area contributed by atoms with Gasteiger partial charge in [0.05, 0.1) is 22.8 Å². The largest absolute Gasteiger partial charge is 0.310 e. The summed E-state index contributed by atoms with van der Waals surface area (Å²) in [5, 5.41) is 0. The van der Waals surface area contributed by atoms with Crippen LogP contribution in [0.5, 0.6) is 0 Å². The van der Waals surface area contributed by atoms with E-state index in [9.17, 15) is 0 Å². The predicted octanol–water partition coefficient (Wildman–Crippen LogP) is 11.9. The minimum Gasteiger partial charge on any atom is -0.310 e. The Morgan fingerprint density at radius 2 is 0.959 bits per heavy atom. The Morgan fingerprint density at radius 1 is 0.408 bits per heavy atom. The molecule has 0 spiro atoms. The van der Waals surface area contributed by atoms with Crippen molar-refractivity contribution in [3.63, 3.8) is 0 Å². The van der Waals surface area contributed by atoms with E-state index >= 15 is 0 Å². The van der Waals surface area contributed by atoms with E-state index in [4.69, 9.17) is 9.97 Å². The van der Waals surface area contributed by atoms with E-state index in [1.807, 2.05) is 24.3 Å². The molecule has 0 saturated carbocycles. The molecule has 6 aromatic carbocycles. The van der Waals surface area contributed by atoms with Gasteiger partial charge in [0.15, 0.2) is 5.82 Å². The van der Waals surface area contributed by atoms with Crippen LogP contribution in [0.4, 0.5) is 17.1 Å². The topological polar surface area (TPSA) is 29.0 Å². The molecule has 0 saturated heterocycles. The lowest BCUT2D eigenvalue weighted by molar-refractivity contribution is 0.627. The maximum atomic E-state index is 5.08. The van der Waals surface area contributed by atoms with E-state index in [-0.39, 0.29) is 10.8 Å². The van der Waals surface area contributed by atoms with E-state index in [2.05, 4.69) is 160 Å². The molecule has 1 aliphatic heterocycles. The van der Waals surface area contributed by atoms with Gasteiger partial charge in [-0.3, -0.25) is 0 Å². The Balaban J connectivity index is 1.19. The second-order valence-electron chi connectivity index (χ2n) is 14.3. The first-order valence-corrected chi connectivity index (χ1v) is 17.1. The van der Waals surface area contributed by atoms with Crippen molar-refractivity contribution in [3.05, 3.63) is 174 Å². The molecule has 7 aromatic rings. The van der Waals surface area contributed by atoms with Crippen LogP contribution in [0, 0.1) is 0 Å². The fraction of sp³-hybridized carbons (Fsp3) is 0.130. The summed E-state index contributed by atoms with van der Waals surface area (Å²) >= 11 is 0. The fourth-order valence-corrected chi connectivity index (χ4v) is 8.02. The van der Waals surface area contributed by atoms with Gasteiger partial charge in [-0.1, -0.05) is 143 Å². The maximum Gasteiger partial charge on any atom is 0.160 e. The van der Waals surface area contributed by atoms with E-state index in [0.717, 1.165) is 39.6 Å². The molecule has 1 aliphatic carbocycles. The maximum absolute atomic E-state index is 5.08. The number of para-hydroxylation sites is 1. The Kier molecular flexibility index (Phi) is 6.51. The van der Waals surface area contributed by atoms with Gasteiger partial charge < -0.3 is 4.90 Å². The third-order valence-electron chi connectivity index (χ3n) is 10.7. The number of aromatic nitrogens is 2. The summed E-state index contributed by atoms with van der Waals surface area (Å²) in [4.78, 5) is 12.5. The second kappa shape index (κ2) is 10.9. The molecule has 236 valence electrons. The average molecular weight is 632 g/mol. The molecule has 0 amide bonds. The molecule has 0 bridgehead atoms. The zero-order chi connectivity index (χ0) is 33.3. The Hall–Kier alpha value is -5.80. The van der Waals surface area contributed by atoms with E-state index < -0.39 is 0 Å². The van der Waals surface area contributed by atoms with Crippen LogP contribution in [0.25, 0.3) is 45.0 Å². The van der Waals surface area contributed by atoms with Crippen LogP contribution in [0.2, 0.25) is 0 Å². The van der Waals surface area contributed by atoms with Crippen molar-refractivity contribution < 1.29 is 0 Å².